The Bertz CT molecular complexity index is 1450. The molecule has 0 aliphatic heterocycles. The molecule has 0 saturated carbocycles. The predicted molar refractivity (Wildman–Crippen MR) is 162 cm³/mol. The number of ether oxygens (including phenoxy) is 1. The van der Waals surface area contributed by atoms with E-state index < -0.39 is 28.5 Å². The minimum atomic E-state index is -4.19. The van der Waals surface area contributed by atoms with Crippen molar-refractivity contribution in [3.05, 3.63) is 89.0 Å². The van der Waals surface area contributed by atoms with E-state index in [0.29, 0.717) is 12.3 Å². The lowest BCUT2D eigenvalue weighted by Gasteiger charge is -2.32. The molecule has 0 aromatic heterocycles. The fourth-order valence-corrected chi connectivity index (χ4v) is 5.69. The van der Waals surface area contributed by atoms with Crippen LogP contribution in [0.1, 0.15) is 43.0 Å². The molecule has 9 heteroatoms. The number of nitrogens with zero attached hydrogens (tertiary/aromatic N) is 2. The fraction of sp³-hybridized carbons (Fsp3) is 0.375. The Kier molecular flexibility index (Phi) is 10.6. The molecule has 3 rings (SSSR count). The van der Waals surface area contributed by atoms with E-state index in [-0.39, 0.29) is 29.0 Å². The Morgan fingerprint density at radius 3 is 1.98 bits per heavy atom. The summed E-state index contributed by atoms with van der Waals surface area (Å²) in [7, 11) is -2.73. The molecule has 0 aliphatic rings. The third-order valence-electron chi connectivity index (χ3n) is 6.82. The van der Waals surface area contributed by atoms with Crippen molar-refractivity contribution in [2.24, 2.45) is 5.92 Å². The molecule has 41 heavy (non-hydrogen) atoms. The standard InChI is InChI=1S/C32H41N3O5S/c1-22(2)19-33-32(37)26(6)34(20-27-13-8-23(3)9-14-27)31(36)21-35(29-18-25(5)12-17-30(29)40-7)41(38,39)28-15-10-24(4)11-16-28/h8-18,22,26H,19-21H2,1-7H3,(H,33,37)/t26-/m1/s1. The summed E-state index contributed by atoms with van der Waals surface area (Å²) in [4.78, 5) is 28.7. The van der Waals surface area contributed by atoms with Gasteiger partial charge in [-0.15, -0.1) is 0 Å². The minimum absolute atomic E-state index is 0.0484. The van der Waals surface area contributed by atoms with Gasteiger partial charge in [-0.3, -0.25) is 13.9 Å². The van der Waals surface area contributed by atoms with Crippen molar-refractivity contribution in [3.63, 3.8) is 0 Å². The lowest BCUT2D eigenvalue weighted by atomic mass is 10.1. The Hall–Kier alpha value is -3.85. The van der Waals surface area contributed by atoms with Gasteiger partial charge in [0.15, 0.2) is 0 Å². The molecule has 1 N–H and O–H groups in total. The molecule has 8 nitrogen and oxygen atoms in total. The number of anilines is 1. The Labute approximate surface area is 244 Å². The van der Waals surface area contributed by atoms with E-state index in [1.165, 1.54) is 24.1 Å². The predicted octanol–water partition coefficient (Wildman–Crippen LogP) is 5.01. The molecule has 2 amide bonds. The Morgan fingerprint density at radius 1 is 0.854 bits per heavy atom. The Balaban J connectivity index is 2.08. The third-order valence-corrected chi connectivity index (χ3v) is 8.59. The van der Waals surface area contributed by atoms with Crippen molar-refractivity contribution in [1.82, 2.24) is 10.2 Å². The van der Waals surface area contributed by atoms with E-state index in [0.717, 1.165) is 26.6 Å². The molecule has 0 aliphatic carbocycles. The number of carbonyl (C=O) groups is 2. The van der Waals surface area contributed by atoms with Gasteiger partial charge in [0.1, 0.15) is 18.3 Å². The van der Waals surface area contributed by atoms with E-state index in [9.17, 15) is 18.0 Å². The lowest BCUT2D eigenvalue weighted by molar-refractivity contribution is -0.139. The van der Waals surface area contributed by atoms with Crippen molar-refractivity contribution in [2.45, 2.75) is 59.0 Å². The number of sulfonamides is 1. The van der Waals surface area contributed by atoms with E-state index in [1.54, 1.807) is 31.2 Å². The van der Waals surface area contributed by atoms with Gasteiger partial charge in [-0.2, -0.15) is 0 Å². The number of hydrogen-bond donors (Lipinski definition) is 1. The highest BCUT2D eigenvalue weighted by Crippen LogP contribution is 2.34. The summed E-state index contributed by atoms with van der Waals surface area (Å²) in [5.74, 6) is -0.277. The van der Waals surface area contributed by atoms with Crippen LogP contribution in [0.15, 0.2) is 71.6 Å². The molecular formula is C32H41N3O5S. The monoisotopic (exact) mass is 579 g/mol. The second-order valence-corrected chi connectivity index (χ2v) is 12.7. The van der Waals surface area contributed by atoms with Crippen LogP contribution < -0.4 is 14.4 Å². The van der Waals surface area contributed by atoms with Crippen LogP contribution in [0, 0.1) is 26.7 Å². The molecule has 3 aromatic carbocycles. The smallest absolute Gasteiger partial charge is 0.264 e. The molecule has 3 aromatic rings. The number of aryl methyl sites for hydroxylation is 3. The zero-order valence-corrected chi connectivity index (χ0v) is 25.8. The van der Waals surface area contributed by atoms with Gasteiger partial charge in [-0.1, -0.05) is 67.4 Å². The summed E-state index contributed by atoms with van der Waals surface area (Å²) >= 11 is 0. The van der Waals surface area contributed by atoms with Crippen molar-refractivity contribution in [3.8, 4) is 5.75 Å². The van der Waals surface area contributed by atoms with Gasteiger partial charge in [-0.25, -0.2) is 8.42 Å². The lowest BCUT2D eigenvalue weighted by Crippen LogP contribution is -2.51. The number of methoxy groups -OCH3 is 1. The van der Waals surface area contributed by atoms with Crippen molar-refractivity contribution in [2.75, 3.05) is 24.5 Å². The molecular weight excluding hydrogens is 538 g/mol. The van der Waals surface area contributed by atoms with Crippen LogP contribution in [0.4, 0.5) is 5.69 Å². The second kappa shape index (κ2) is 13.7. The first kappa shape index (κ1) is 31.7. The largest absolute Gasteiger partial charge is 0.495 e. The van der Waals surface area contributed by atoms with Gasteiger partial charge in [0.25, 0.3) is 10.0 Å². The molecule has 0 heterocycles. The van der Waals surface area contributed by atoms with Gasteiger partial charge in [0.05, 0.1) is 17.7 Å². The van der Waals surface area contributed by atoms with Crippen LogP contribution in [0.5, 0.6) is 5.75 Å². The first-order chi connectivity index (χ1) is 19.3. The average Bonchev–Trinajstić information content (AvgIpc) is 2.93. The number of nitrogens with one attached hydrogen (secondary N) is 1. The number of amides is 2. The molecule has 0 saturated heterocycles. The number of benzene rings is 3. The molecule has 0 unspecified atom stereocenters. The Morgan fingerprint density at radius 2 is 1.41 bits per heavy atom. The highest BCUT2D eigenvalue weighted by Gasteiger charge is 2.34. The quantitative estimate of drug-likeness (QED) is 0.326. The topological polar surface area (TPSA) is 96.0 Å². The van der Waals surface area contributed by atoms with Gasteiger partial charge < -0.3 is 15.0 Å². The highest BCUT2D eigenvalue weighted by atomic mass is 32.2. The average molecular weight is 580 g/mol. The molecule has 0 spiro atoms. The summed E-state index contributed by atoms with van der Waals surface area (Å²) in [6, 6.07) is 18.5. The van der Waals surface area contributed by atoms with E-state index in [1.807, 2.05) is 65.0 Å². The number of rotatable bonds is 12. The summed E-state index contributed by atoms with van der Waals surface area (Å²) < 4.78 is 34.8. The maximum absolute atomic E-state index is 14.1. The van der Waals surface area contributed by atoms with Crippen LogP contribution in [0.3, 0.4) is 0 Å². The van der Waals surface area contributed by atoms with Crippen molar-refractivity contribution in [1.29, 1.82) is 0 Å². The van der Waals surface area contributed by atoms with Crippen LogP contribution in [0.2, 0.25) is 0 Å². The van der Waals surface area contributed by atoms with E-state index in [2.05, 4.69) is 5.32 Å². The van der Waals surface area contributed by atoms with Gasteiger partial charge in [-0.05, 0) is 69.0 Å². The first-order valence-corrected chi connectivity index (χ1v) is 15.1. The van der Waals surface area contributed by atoms with Gasteiger partial charge in [0.2, 0.25) is 11.8 Å². The second-order valence-electron chi connectivity index (χ2n) is 10.8. The van der Waals surface area contributed by atoms with Crippen LogP contribution in [-0.4, -0.2) is 51.4 Å². The zero-order valence-electron chi connectivity index (χ0n) is 25.0. The molecule has 220 valence electrons. The van der Waals surface area contributed by atoms with E-state index >= 15 is 0 Å². The highest BCUT2D eigenvalue weighted by molar-refractivity contribution is 7.92. The maximum atomic E-state index is 14.1. The first-order valence-electron chi connectivity index (χ1n) is 13.7. The normalized spacial score (nSPS) is 12.1. The number of carbonyl (C=O) groups excluding carboxylic acids is 2. The summed E-state index contributed by atoms with van der Waals surface area (Å²) in [5.41, 5.74) is 3.85. The zero-order chi connectivity index (χ0) is 30.3. The van der Waals surface area contributed by atoms with Crippen LogP contribution >= 0.6 is 0 Å². The number of hydrogen-bond acceptors (Lipinski definition) is 5. The van der Waals surface area contributed by atoms with Crippen molar-refractivity contribution >= 4 is 27.5 Å². The SMILES string of the molecule is COc1ccc(C)cc1N(CC(=O)N(Cc1ccc(C)cc1)[C@H](C)C(=O)NCC(C)C)S(=O)(=O)c1ccc(C)cc1. The summed E-state index contributed by atoms with van der Waals surface area (Å²) in [5, 5.41) is 2.90. The molecule has 0 fully saturated rings. The van der Waals surface area contributed by atoms with E-state index in [4.69, 9.17) is 4.74 Å². The summed E-state index contributed by atoms with van der Waals surface area (Å²) in [6.07, 6.45) is 0. The molecule has 0 bridgehead atoms. The van der Waals surface area contributed by atoms with Crippen LogP contribution in [-0.2, 0) is 26.2 Å². The van der Waals surface area contributed by atoms with Crippen LogP contribution in [0.25, 0.3) is 0 Å². The molecule has 1 atom stereocenters. The van der Waals surface area contributed by atoms with Gasteiger partial charge in [0, 0.05) is 13.1 Å². The molecule has 0 radical (unpaired) electrons. The van der Waals surface area contributed by atoms with Crippen molar-refractivity contribution < 1.29 is 22.7 Å². The van der Waals surface area contributed by atoms with Gasteiger partial charge >= 0.3 is 0 Å². The summed E-state index contributed by atoms with van der Waals surface area (Å²) in [6.45, 7) is 11.4. The fourth-order valence-electron chi connectivity index (χ4n) is 4.27. The maximum Gasteiger partial charge on any atom is 0.264 e. The minimum Gasteiger partial charge on any atom is -0.495 e. The third kappa shape index (κ3) is 8.10.